The summed E-state index contributed by atoms with van der Waals surface area (Å²) < 4.78 is 10.7. The van der Waals surface area contributed by atoms with E-state index in [9.17, 15) is 9.59 Å². The Labute approximate surface area is 164 Å². The van der Waals surface area contributed by atoms with Gasteiger partial charge < -0.3 is 19.7 Å². The summed E-state index contributed by atoms with van der Waals surface area (Å²) >= 11 is 0. The predicted octanol–water partition coefficient (Wildman–Crippen LogP) is 2.30. The first-order valence-electron chi connectivity index (χ1n) is 9.16. The number of methoxy groups -OCH3 is 2. The van der Waals surface area contributed by atoms with Crippen molar-refractivity contribution in [1.29, 1.82) is 0 Å². The van der Waals surface area contributed by atoms with Crippen LogP contribution in [0.15, 0.2) is 42.7 Å². The van der Waals surface area contributed by atoms with E-state index in [1.165, 1.54) is 0 Å². The van der Waals surface area contributed by atoms with E-state index in [0.29, 0.717) is 37.4 Å². The minimum absolute atomic E-state index is 0.0445. The molecule has 1 aliphatic heterocycles. The second-order valence-electron chi connectivity index (χ2n) is 6.98. The van der Waals surface area contributed by atoms with Crippen LogP contribution >= 0.6 is 0 Å². The number of pyridine rings is 1. The third-order valence-electron chi connectivity index (χ3n) is 5.21. The molecule has 1 fully saturated rings. The lowest BCUT2D eigenvalue weighted by Gasteiger charge is -2.34. The molecule has 2 aromatic rings. The molecular formula is C21H25N3O4. The van der Waals surface area contributed by atoms with Crippen LogP contribution in [0.1, 0.15) is 30.9 Å². The Morgan fingerprint density at radius 1 is 1.29 bits per heavy atom. The Balaban J connectivity index is 1.77. The van der Waals surface area contributed by atoms with E-state index in [0.717, 1.165) is 11.1 Å². The average molecular weight is 383 g/mol. The second kappa shape index (κ2) is 8.29. The number of hydrogen-bond acceptors (Lipinski definition) is 5. The highest BCUT2D eigenvalue weighted by molar-refractivity contribution is 5.94. The second-order valence-corrected chi connectivity index (χ2v) is 6.98. The minimum Gasteiger partial charge on any atom is -0.497 e. The Hall–Kier alpha value is -3.09. The number of likely N-dealkylation sites (tertiary alicyclic amines) is 1. The maximum absolute atomic E-state index is 13.0. The van der Waals surface area contributed by atoms with E-state index in [2.05, 4.69) is 10.3 Å². The molecule has 1 aromatic heterocycles. The summed E-state index contributed by atoms with van der Waals surface area (Å²) in [6.45, 7) is 2.48. The molecule has 3 rings (SSSR count). The number of amides is 2. The summed E-state index contributed by atoms with van der Waals surface area (Å²) in [5.74, 6) is 1.08. The maximum atomic E-state index is 13.0. The molecule has 0 spiro atoms. The van der Waals surface area contributed by atoms with Crippen LogP contribution in [0, 0.1) is 0 Å². The molecule has 0 unspecified atom stereocenters. The highest BCUT2D eigenvalue weighted by Crippen LogP contribution is 2.34. The van der Waals surface area contributed by atoms with Crippen molar-refractivity contribution in [3.63, 3.8) is 0 Å². The Kier molecular flexibility index (Phi) is 5.82. The molecule has 148 valence electrons. The summed E-state index contributed by atoms with van der Waals surface area (Å²) in [6.07, 6.45) is 4.22. The van der Waals surface area contributed by atoms with Gasteiger partial charge in [-0.2, -0.15) is 0 Å². The highest BCUT2D eigenvalue weighted by Gasteiger charge is 2.47. The zero-order valence-electron chi connectivity index (χ0n) is 16.4. The summed E-state index contributed by atoms with van der Waals surface area (Å²) in [4.78, 5) is 31.2. The summed E-state index contributed by atoms with van der Waals surface area (Å²) in [7, 11) is 3.16. The Bertz CT molecular complexity index is 856. The number of aromatic nitrogens is 1. The molecule has 2 heterocycles. The predicted molar refractivity (Wildman–Crippen MR) is 104 cm³/mol. The molecule has 0 bridgehead atoms. The Morgan fingerprint density at radius 3 is 2.79 bits per heavy atom. The fourth-order valence-electron chi connectivity index (χ4n) is 3.42. The van der Waals surface area contributed by atoms with Gasteiger partial charge in [-0.15, -0.1) is 0 Å². The number of rotatable bonds is 7. The minimum atomic E-state index is -0.912. The lowest BCUT2D eigenvalue weighted by molar-refractivity contribution is -0.141. The van der Waals surface area contributed by atoms with E-state index >= 15 is 0 Å². The smallest absolute Gasteiger partial charge is 0.245 e. The van der Waals surface area contributed by atoms with E-state index in [1.54, 1.807) is 37.6 Å². The van der Waals surface area contributed by atoms with E-state index < -0.39 is 5.54 Å². The van der Waals surface area contributed by atoms with Gasteiger partial charge in [0.2, 0.25) is 11.8 Å². The quantitative estimate of drug-likeness (QED) is 0.793. The van der Waals surface area contributed by atoms with Gasteiger partial charge in [-0.05, 0) is 37.1 Å². The normalized spacial score (nSPS) is 18.8. The molecule has 1 aliphatic rings. The van der Waals surface area contributed by atoms with E-state index in [1.807, 2.05) is 31.2 Å². The lowest BCUT2D eigenvalue weighted by atomic mass is 9.96. The molecule has 1 aromatic carbocycles. The highest BCUT2D eigenvalue weighted by atomic mass is 16.5. The molecule has 1 N–H and O–H groups in total. The molecule has 1 saturated heterocycles. The molecule has 1 atom stereocenters. The number of benzene rings is 1. The topological polar surface area (TPSA) is 80.8 Å². The van der Waals surface area contributed by atoms with Crippen LogP contribution < -0.4 is 14.8 Å². The monoisotopic (exact) mass is 383 g/mol. The van der Waals surface area contributed by atoms with Gasteiger partial charge in [0.15, 0.2) is 0 Å². The van der Waals surface area contributed by atoms with Crippen molar-refractivity contribution in [3.8, 4) is 11.5 Å². The first kappa shape index (κ1) is 19.7. The van der Waals surface area contributed by atoms with Gasteiger partial charge in [0.05, 0.1) is 20.8 Å². The largest absolute Gasteiger partial charge is 0.497 e. The first-order valence-corrected chi connectivity index (χ1v) is 9.16. The van der Waals surface area contributed by atoms with Crippen LogP contribution in [0.4, 0.5) is 0 Å². The van der Waals surface area contributed by atoms with Crippen molar-refractivity contribution in [2.24, 2.45) is 0 Å². The summed E-state index contributed by atoms with van der Waals surface area (Å²) in [5, 5.41) is 2.94. The average Bonchev–Trinajstić information content (AvgIpc) is 3.02. The standard InChI is InChI=1S/C21H25N3O4/c1-21(20(26)23-13-15-5-4-10-22-12-15)9-8-19(25)24(21)14-16-6-7-17(27-2)11-18(16)28-3/h4-7,10-12H,8-9,13-14H2,1-3H3,(H,23,26)/t21-/m0/s1. The number of hydrogen-bond donors (Lipinski definition) is 1. The molecular weight excluding hydrogens is 358 g/mol. The molecule has 0 aliphatic carbocycles. The van der Waals surface area contributed by atoms with Gasteiger partial charge in [0.25, 0.3) is 0 Å². The fraction of sp³-hybridized carbons (Fsp3) is 0.381. The number of carbonyl (C=O) groups is 2. The third-order valence-corrected chi connectivity index (χ3v) is 5.21. The van der Waals surface area contributed by atoms with Crippen molar-refractivity contribution in [2.75, 3.05) is 14.2 Å². The number of nitrogens with zero attached hydrogens (tertiary/aromatic N) is 2. The first-order chi connectivity index (χ1) is 13.5. The third kappa shape index (κ3) is 3.93. The maximum Gasteiger partial charge on any atom is 0.245 e. The van der Waals surface area contributed by atoms with Gasteiger partial charge in [-0.1, -0.05) is 6.07 Å². The van der Waals surface area contributed by atoms with Gasteiger partial charge in [-0.25, -0.2) is 0 Å². The molecule has 0 saturated carbocycles. The molecule has 28 heavy (non-hydrogen) atoms. The van der Waals surface area contributed by atoms with E-state index in [-0.39, 0.29) is 11.8 Å². The van der Waals surface area contributed by atoms with E-state index in [4.69, 9.17) is 9.47 Å². The van der Waals surface area contributed by atoms with Crippen LogP contribution in [-0.4, -0.2) is 41.5 Å². The fourth-order valence-corrected chi connectivity index (χ4v) is 3.42. The zero-order valence-corrected chi connectivity index (χ0v) is 16.4. The van der Waals surface area contributed by atoms with Crippen LogP contribution in [0.25, 0.3) is 0 Å². The SMILES string of the molecule is COc1ccc(CN2C(=O)CC[C@@]2(C)C(=O)NCc2cccnc2)c(OC)c1. The van der Waals surface area contributed by atoms with Gasteiger partial charge in [0.1, 0.15) is 17.0 Å². The number of carbonyl (C=O) groups excluding carboxylic acids is 2. The van der Waals surface area contributed by atoms with Crippen LogP contribution in [0.5, 0.6) is 11.5 Å². The van der Waals surface area contributed by atoms with Crippen molar-refractivity contribution in [3.05, 3.63) is 53.9 Å². The number of nitrogens with one attached hydrogen (secondary N) is 1. The van der Waals surface area contributed by atoms with Crippen molar-refractivity contribution in [1.82, 2.24) is 15.2 Å². The number of ether oxygens (including phenoxy) is 2. The summed E-state index contributed by atoms with van der Waals surface area (Å²) in [5.41, 5.74) is 0.821. The van der Waals surface area contributed by atoms with Crippen molar-refractivity contribution in [2.45, 2.75) is 38.4 Å². The van der Waals surface area contributed by atoms with Gasteiger partial charge >= 0.3 is 0 Å². The van der Waals surface area contributed by atoms with Crippen LogP contribution in [0.3, 0.4) is 0 Å². The zero-order chi connectivity index (χ0) is 20.1. The molecule has 0 radical (unpaired) electrons. The van der Waals surface area contributed by atoms with Crippen LogP contribution in [-0.2, 0) is 22.7 Å². The van der Waals surface area contributed by atoms with Gasteiger partial charge in [0, 0.05) is 37.0 Å². The van der Waals surface area contributed by atoms with Crippen molar-refractivity contribution < 1.29 is 19.1 Å². The van der Waals surface area contributed by atoms with Gasteiger partial charge in [-0.3, -0.25) is 14.6 Å². The molecule has 7 nitrogen and oxygen atoms in total. The molecule has 7 heteroatoms. The summed E-state index contributed by atoms with van der Waals surface area (Å²) in [6, 6.07) is 9.17. The lowest BCUT2D eigenvalue weighted by Crippen LogP contribution is -2.53. The Morgan fingerprint density at radius 2 is 2.11 bits per heavy atom. The van der Waals surface area contributed by atoms with Crippen molar-refractivity contribution >= 4 is 11.8 Å². The molecule has 2 amide bonds. The van der Waals surface area contributed by atoms with Crippen LogP contribution in [0.2, 0.25) is 0 Å².